The van der Waals surface area contributed by atoms with Gasteiger partial charge >= 0.3 is 6.03 Å². The van der Waals surface area contributed by atoms with Gasteiger partial charge in [-0.2, -0.15) is 0 Å². The Balaban J connectivity index is 1.37. The molecule has 2 amide bonds. The molecule has 9 nitrogen and oxygen atoms in total. The van der Waals surface area contributed by atoms with E-state index in [9.17, 15) is 13.2 Å². The van der Waals surface area contributed by atoms with Gasteiger partial charge in [0.15, 0.2) is 15.7 Å². The van der Waals surface area contributed by atoms with Crippen molar-refractivity contribution in [1.29, 1.82) is 0 Å². The molecule has 39 heavy (non-hydrogen) atoms. The summed E-state index contributed by atoms with van der Waals surface area (Å²) in [5, 5.41) is 6.23. The second kappa shape index (κ2) is 10.1. The highest BCUT2D eigenvalue weighted by Gasteiger charge is 2.58. The van der Waals surface area contributed by atoms with Gasteiger partial charge in [0, 0.05) is 34.9 Å². The lowest BCUT2D eigenvalue weighted by Crippen LogP contribution is -2.44. The number of halogens is 1. The Hall–Kier alpha value is -3.21. The van der Waals surface area contributed by atoms with Crippen molar-refractivity contribution >= 4 is 39.0 Å². The van der Waals surface area contributed by atoms with Gasteiger partial charge in [-0.15, -0.1) is 0 Å². The molecule has 2 saturated carbocycles. The van der Waals surface area contributed by atoms with E-state index in [1.165, 1.54) is 0 Å². The Morgan fingerprint density at radius 1 is 1.08 bits per heavy atom. The third kappa shape index (κ3) is 5.20. The normalized spacial score (nSPS) is 20.4. The fraction of sp³-hybridized carbons (Fsp3) is 0.393. The molecule has 0 unspecified atom stereocenters. The van der Waals surface area contributed by atoms with Crippen LogP contribution in [-0.4, -0.2) is 56.3 Å². The summed E-state index contributed by atoms with van der Waals surface area (Å²) in [6, 6.07) is 15.5. The van der Waals surface area contributed by atoms with Gasteiger partial charge in [-0.25, -0.2) is 23.2 Å². The van der Waals surface area contributed by atoms with Crippen molar-refractivity contribution in [2.75, 3.05) is 30.0 Å². The highest BCUT2D eigenvalue weighted by atomic mass is 35.5. The van der Waals surface area contributed by atoms with Crippen molar-refractivity contribution in [3.63, 3.8) is 0 Å². The molecule has 1 saturated heterocycles. The number of sulfone groups is 1. The number of hydrogen-bond acceptors (Lipinski definition) is 7. The largest absolute Gasteiger partial charge is 0.377 e. The lowest BCUT2D eigenvalue weighted by molar-refractivity contribution is 0.0985. The first-order valence-electron chi connectivity index (χ1n) is 13.2. The van der Waals surface area contributed by atoms with Crippen LogP contribution in [-0.2, 0) is 19.3 Å². The van der Waals surface area contributed by atoms with Gasteiger partial charge in [0.25, 0.3) is 0 Å². The molecule has 3 fully saturated rings. The molecule has 1 aliphatic heterocycles. The summed E-state index contributed by atoms with van der Waals surface area (Å²) in [7, 11) is -3.73. The fourth-order valence-electron chi connectivity index (χ4n) is 4.91. The topological polar surface area (TPSA) is 114 Å². The maximum absolute atomic E-state index is 13.9. The molecule has 0 radical (unpaired) electrons. The molecule has 0 spiro atoms. The monoisotopic (exact) mass is 567 g/mol. The third-order valence-corrected chi connectivity index (χ3v) is 10.3. The zero-order valence-corrected chi connectivity index (χ0v) is 23.1. The zero-order valence-electron chi connectivity index (χ0n) is 21.6. The van der Waals surface area contributed by atoms with Crippen LogP contribution >= 0.6 is 11.6 Å². The quantitative estimate of drug-likeness (QED) is 0.423. The van der Waals surface area contributed by atoms with E-state index in [2.05, 4.69) is 22.5 Å². The molecule has 1 atom stereocenters. The maximum atomic E-state index is 13.9. The number of morpholine rings is 1. The Kier molecular flexibility index (Phi) is 6.73. The molecule has 11 heteroatoms. The molecule has 3 aromatic rings. The van der Waals surface area contributed by atoms with E-state index in [1.54, 1.807) is 36.4 Å². The minimum absolute atomic E-state index is 0.0777. The van der Waals surface area contributed by atoms with Crippen LogP contribution in [0.5, 0.6) is 0 Å². The van der Waals surface area contributed by atoms with Crippen molar-refractivity contribution < 1.29 is 17.9 Å². The standard InChI is InChI=1S/C28H30ClN5O4S/c1-18-17-38-15-14-34(18)25-16-24(28(12-13-28)39(36,37)23-10-4-20(29)5-11-23)32-26(33-25)19-2-6-21(7-3-19)30-27(35)31-22-8-9-22/h2-7,10-11,16,18,22H,8-9,12-15,17H2,1H3,(H2,30,31,35)/t18-/m0/s1. The van der Waals surface area contributed by atoms with Crippen LogP contribution < -0.4 is 15.5 Å². The molecule has 6 rings (SSSR count). The summed E-state index contributed by atoms with van der Waals surface area (Å²) in [6.07, 6.45) is 2.98. The van der Waals surface area contributed by atoms with E-state index in [1.807, 2.05) is 18.2 Å². The van der Waals surface area contributed by atoms with E-state index in [-0.39, 0.29) is 23.0 Å². The number of ether oxygens (including phenoxy) is 1. The third-order valence-electron chi connectivity index (χ3n) is 7.50. The number of benzene rings is 2. The Labute approximate surface area is 232 Å². The van der Waals surface area contributed by atoms with E-state index in [4.69, 9.17) is 26.3 Å². The summed E-state index contributed by atoms with van der Waals surface area (Å²) in [5.74, 6) is 1.11. The van der Waals surface area contributed by atoms with Crippen molar-refractivity contribution in [3.8, 4) is 11.4 Å². The minimum Gasteiger partial charge on any atom is -0.377 e. The molecule has 2 aliphatic carbocycles. The number of nitrogens with one attached hydrogen (secondary N) is 2. The smallest absolute Gasteiger partial charge is 0.319 e. The summed E-state index contributed by atoms with van der Waals surface area (Å²) in [5.41, 5.74) is 1.87. The molecule has 204 valence electrons. The summed E-state index contributed by atoms with van der Waals surface area (Å²) in [6.45, 7) is 3.83. The number of anilines is 2. The highest BCUT2D eigenvalue weighted by molar-refractivity contribution is 7.92. The lowest BCUT2D eigenvalue weighted by Gasteiger charge is -2.34. The highest BCUT2D eigenvalue weighted by Crippen LogP contribution is 2.55. The molecular weight excluding hydrogens is 538 g/mol. The maximum Gasteiger partial charge on any atom is 0.319 e. The molecular formula is C28H30ClN5O4S. The number of amides is 2. The van der Waals surface area contributed by atoms with Gasteiger partial charge in [0.2, 0.25) is 0 Å². The predicted molar refractivity (Wildman–Crippen MR) is 150 cm³/mol. The minimum atomic E-state index is -3.73. The number of rotatable bonds is 7. The number of carbonyl (C=O) groups excluding carboxylic acids is 1. The first-order chi connectivity index (χ1) is 18.7. The predicted octanol–water partition coefficient (Wildman–Crippen LogP) is 4.77. The molecule has 2 N–H and O–H groups in total. The Morgan fingerprint density at radius 3 is 2.44 bits per heavy atom. The van der Waals surface area contributed by atoms with Crippen LogP contribution in [0.1, 0.15) is 38.3 Å². The van der Waals surface area contributed by atoms with Crippen LogP contribution in [0.25, 0.3) is 11.4 Å². The van der Waals surface area contributed by atoms with Gasteiger partial charge < -0.3 is 20.3 Å². The van der Waals surface area contributed by atoms with E-state index >= 15 is 0 Å². The molecule has 1 aromatic heterocycles. The number of aromatic nitrogens is 2. The SMILES string of the molecule is C[C@H]1COCCN1c1cc(C2(S(=O)(=O)c3ccc(Cl)cc3)CC2)nc(-c2ccc(NC(=O)NC3CC3)cc2)n1. The van der Waals surface area contributed by atoms with Crippen LogP contribution in [0, 0.1) is 0 Å². The van der Waals surface area contributed by atoms with Crippen LogP contribution in [0.15, 0.2) is 59.5 Å². The summed E-state index contributed by atoms with van der Waals surface area (Å²) < 4.78 is 32.2. The number of hydrogen-bond donors (Lipinski definition) is 2. The molecule has 3 aliphatic rings. The number of carbonyl (C=O) groups is 1. The van der Waals surface area contributed by atoms with Gasteiger partial charge in [-0.3, -0.25) is 0 Å². The summed E-state index contributed by atoms with van der Waals surface area (Å²) in [4.78, 5) is 24.2. The Bertz CT molecular complexity index is 1490. The van der Waals surface area contributed by atoms with Crippen molar-refractivity contribution in [2.45, 2.75) is 54.3 Å². The van der Waals surface area contributed by atoms with Crippen molar-refractivity contribution in [3.05, 3.63) is 65.3 Å². The summed E-state index contributed by atoms with van der Waals surface area (Å²) >= 11 is 6.02. The second-order valence-corrected chi connectivity index (χ2v) is 13.2. The average molecular weight is 568 g/mol. The first kappa shape index (κ1) is 26.0. The fourth-order valence-corrected chi connectivity index (χ4v) is 7.00. The van der Waals surface area contributed by atoms with E-state index in [0.29, 0.717) is 60.6 Å². The van der Waals surface area contributed by atoms with Crippen LogP contribution in [0.4, 0.5) is 16.3 Å². The Morgan fingerprint density at radius 2 is 1.79 bits per heavy atom. The van der Waals surface area contributed by atoms with E-state index < -0.39 is 14.6 Å². The number of nitrogens with zero attached hydrogens (tertiary/aromatic N) is 3. The van der Waals surface area contributed by atoms with Crippen LogP contribution in [0.2, 0.25) is 5.02 Å². The second-order valence-electron chi connectivity index (χ2n) is 10.5. The van der Waals surface area contributed by atoms with Gasteiger partial charge in [-0.1, -0.05) is 11.6 Å². The first-order valence-corrected chi connectivity index (χ1v) is 15.0. The van der Waals surface area contributed by atoms with E-state index in [0.717, 1.165) is 18.4 Å². The molecule has 0 bridgehead atoms. The average Bonchev–Trinajstić information content (AvgIpc) is 3.85. The van der Waals surface area contributed by atoms with Crippen molar-refractivity contribution in [2.24, 2.45) is 0 Å². The van der Waals surface area contributed by atoms with Gasteiger partial charge in [0.1, 0.15) is 10.6 Å². The molecule has 2 aromatic carbocycles. The zero-order chi connectivity index (χ0) is 27.2. The molecule has 2 heterocycles. The lowest BCUT2D eigenvalue weighted by atomic mass is 10.1. The van der Waals surface area contributed by atoms with Gasteiger partial charge in [0.05, 0.1) is 29.8 Å². The van der Waals surface area contributed by atoms with Gasteiger partial charge in [-0.05, 0) is 81.1 Å². The van der Waals surface area contributed by atoms with Crippen LogP contribution in [0.3, 0.4) is 0 Å². The number of urea groups is 1. The van der Waals surface area contributed by atoms with Crippen molar-refractivity contribution in [1.82, 2.24) is 15.3 Å².